The van der Waals surface area contributed by atoms with E-state index in [4.69, 9.17) is 0 Å². The van der Waals surface area contributed by atoms with Crippen molar-refractivity contribution in [2.24, 2.45) is 5.92 Å². The molecule has 0 aliphatic rings. The van der Waals surface area contributed by atoms with Crippen LogP contribution in [0.2, 0.25) is 0 Å². The zero-order valence-corrected chi connectivity index (χ0v) is 14.3. The molecule has 0 aromatic carbocycles. The lowest BCUT2D eigenvalue weighted by Crippen LogP contribution is -2.26. The lowest BCUT2D eigenvalue weighted by Gasteiger charge is -2.16. The van der Waals surface area contributed by atoms with Crippen LogP contribution in [-0.4, -0.2) is 12.6 Å². The van der Waals surface area contributed by atoms with E-state index < -0.39 is 0 Å². The molecular formula is C17H29NS. The summed E-state index contributed by atoms with van der Waals surface area (Å²) in [6, 6.07) is 5.06. The van der Waals surface area contributed by atoms with Gasteiger partial charge in [-0.3, -0.25) is 0 Å². The molecule has 0 atom stereocenters. The van der Waals surface area contributed by atoms with E-state index in [9.17, 15) is 0 Å². The fourth-order valence-corrected chi connectivity index (χ4v) is 2.80. The van der Waals surface area contributed by atoms with Gasteiger partial charge in [0.15, 0.2) is 0 Å². The van der Waals surface area contributed by atoms with Gasteiger partial charge < -0.3 is 5.32 Å². The van der Waals surface area contributed by atoms with Crippen LogP contribution in [0.4, 0.5) is 0 Å². The maximum absolute atomic E-state index is 3.52. The van der Waals surface area contributed by atoms with Crippen molar-refractivity contribution in [3.8, 4) is 0 Å². The molecule has 0 saturated heterocycles. The maximum atomic E-state index is 3.52. The monoisotopic (exact) mass is 279 g/mol. The molecule has 0 radical (unpaired) electrons. The minimum atomic E-state index is 0.255. The van der Waals surface area contributed by atoms with E-state index in [1.165, 1.54) is 15.3 Å². The van der Waals surface area contributed by atoms with Gasteiger partial charge >= 0.3 is 0 Å². The zero-order valence-electron chi connectivity index (χ0n) is 13.5. The van der Waals surface area contributed by atoms with Crippen LogP contribution in [0.15, 0.2) is 17.7 Å². The Labute approximate surface area is 123 Å². The Kier molecular flexibility index (Phi) is 5.82. The summed E-state index contributed by atoms with van der Waals surface area (Å²) in [7, 11) is 0. The maximum Gasteiger partial charge on any atom is 0.0273 e. The summed E-state index contributed by atoms with van der Waals surface area (Å²) in [6.07, 6.45) is 2.36. The summed E-state index contributed by atoms with van der Waals surface area (Å²) in [6.45, 7) is 16.7. The molecule has 0 bridgehead atoms. The van der Waals surface area contributed by atoms with E-state index in [-0.39, 0.29) is 5.41 Å². The highest BCUT2D eigenvalue weighted by Gasteiger charge is 2.15. The topological polar surface area (TPSA) is 12.0 Å². The zero-order chi connectivity index (χ0) is 14.6. The van der Waals surface area contributed by atoms with Gasteiger partial charge in [0.2, 0.25) is 0 Å². The van der Waals surface area contributed by atoms with Gasteiger partial charge in [0.1, 0.15) is 0 Å². The van der Waals surface area contributed by atoms with Crippen molar-refractivity contribution in [3.05, 3.63) is 27.5 Å². The summed E-state index contributed by atoms with van der Waals surface area (Å²) < 4.78 is 0. The van der Waals surface area contributed by atoms with Crippen molar-refractivity contribution in [2.45, 2.75) is 59.9 Å². The molecule has 19 heavy (non-hydrogen) atoms. The number of thiophene rings is 1. The molecule has 0 aliphatic carbocycles. The van der Waals surface area contributed by atoms with Crippen LogP contribution in [0, 0.1) is 5.92 Å². The SMILES string of the molecule is CC(C)NC/C(=C/c1ccc(C(C)(C)C)s1)C(C)C. The molecule has 0 unspecified atom stereocenters. The third kappa shape index (κ3) is 5.50. The van der Waals surface area contributed by atoms with Crippen molar-refractivity contribution in [1.82, 2.24) is 5.32 Å². The van der Waals surface area contributed by atoms with Crippen molar-refractivity contribution in [1.29, 1.82) is 0 Å². The Bertz CT molecular complexity index is 419. The molecule has 1 heterocycles. The van der Waals surface area contributed by atoms with E-state index in [0.717, 1.165) is 6.54 Å². The molecule has 1 nitrogen and oxygen atoms in total. The van der Waals surface area contributed by atoms with E-state index >= 15 is 0 Å². The third-order valence-corrected chi connectivity index (χ3v) is 4.61. The Balaban J connectivity index is 2.87. The van der Waals surface area contributed by atoms with E-state index in [1.807, 2.05) is 11.3 Å². The fourth-order valence-electron chi connectivity index (χ4n) is 1.76. The van der Waals surface area contributed by atoms with Gasteiger partial charge in [-0.1, -0.05) is 54.0 Å². The second-order valence-corrected chi connectivity index (χ2v) is 7.98. The molecule has 2 heteroatoms. The normalized spacial score (nSPS) is 13.6. The highest BCUT2D eigenvalue weighted by molar-refractivity contribution is 7.13. The minimum absolute atomic E-state index is 0.255. The first-order chi connectivity index (χ1) is 8.70. The van der Waals surface area contributed by atoms with Crippen molar-refractivity contribution < 1.29 is 0 Å². The average Bonchev–Trinajstić information content (AvgIpc) is 2.71. The van der Waals surface area contributed by atoms with Gasteiger partial charge in [0, 0.05) is 22.3 Å². The van der Waals surface area contributed by atoms with E-state index in [0.29, 0.717) is 12.0 Å². The molecule has 0 fully saturated rings. The van der Waals surface area contributed by atoms with Gasteiger partial charge in [-0.05, 0) is 29.5 Å². The third-order valence-electron chi connectivity index (χ3n) is 3.15. The number of hydrogen-bond donors (Lipinski definition) is 1. The van der Waals surface area contributed by atoms with Crippen LogP contribution >= 0.6 is 11.3 Å². The summed E-state index contributed by atoms with van der Waals surface area (Å²) in [5, 5.41) is 3.52. The first-order valence-corrected chi connectivity index (χ1v) is 8.06. The molecule has 1 N–H and O–H groups in total. The molecule has 1 aromatic rings. The summed E-state index contributed by atoms with van der Waals surface area (Å²) >= 11 is 1.92. The second-order valence-electron chi connectivity index (χ2n) is 6.86. The fraction of sp³-hybridized carbons (Fsp3) is 0.647. The smallest absolute Gasteiger partial charge is 0.0273 e. The molecule has 108 valence electrons. The Morgan fingerprint density at radius 2 is 1.84 bits per heavy atom. The van der Waals surface area contributed by atoms with Gasteiger partial charge in [-0.15, -0.1) is 11.3 Å². The molecule has 0 saturated carbocycles. The minimum Gasteiger partial charge on any atom is -0.311 e. The largest absolute Gasteiger partial charge is 0.311 e. The van der Waals surface area contributed by atoms with Crippen LogP contribution in [0.5, 0.6) is 0 Å². The predicted molar refractivity (Wildman–Crippen MR) is 89.0 cm³/mol. The van der Waals surface area contributed by atoms with Crippen molar-refractivity contribution in [3.63, 3.8) is 0 Å². The van der Waals surface area contributed by atoms with E-state index in [1.54, 1.807) is 0 Å². The number of nitrogens with one attached hydrogen (secondary N) is 1. The van der Waals surface area contributed by atoms with Crippen molar-refractivity contribution >= 4 is 17.4 Å². The average molecular weight is 279 g/mol. The van der Waals surface area contributed by atoms with Crippen LogP contribution in [0.1, 0.15) is 58.2 Å². The quantitative estimate of drug-likeness (QED) is 0.792. The van der Waals surface area contributed by atoms with Gasteiger partial charge in [0.25, 0.3) is 0 Å². The van der Waals surface area contributed by atoms with Crippen LogP contribution in [0.3, 0.4) is 0 Å². The van der Waals surface area contributed by atoms with E-state index in [2.05, 4.69) is 72.0 Å². The standard InChI is InChI=1S/C17H29NS/c1-12(2)14(11-18-13(3)4)10-15-8-9-16(19-15)17(5,6)7/h8-10,12-13,18H,11H2,1-7H3/b14-10-. The molecule has 1 aromatic heterocycles. The molecular weight excluding hydrogens is 250 g/mol. The summed E-state index contributed by atoms with van der Waals surface area (Å²) in [4.78, 5) is 2.83. The van der Waals surface area contributed by atoms with Gasteiger partial charge in [-0.2, -0.15) is 0 Å². The Hall–Kier alpha value is -0.600. The van der Waals surface area contributed by atoms with Gasteiger partial charge in [-0.25, -0.2) is 0 Å². The number of hydrogen-bond acceptors (Lipinski definition) is 2. The molecule has 1 rings (SSSR count). The Morgan fingerprint density at radius 1 is 1.21 bits per heavy atom. The number of rotatable bonds is 5. The second kappa shape index (κ2) is 6.71. The summed E-state index contributed by atoms with van der Waals surface area (Å²) in [5.41, 5.74) is 1.74. The van der Waals surface area contributed by atoms with Gasteiger partial charge in [0.05, 0.1) is 0 Å². The van der Waals surface area contributed by atoms with Crippen LogP contribution < -0.4 is 5.32 Å². The first-order valence-electron chi connectivity index (χ1n) is 7.24. The lowest BCUT2D eigenvalue weighted by molar-refractivity contribution is 0.593. The highest BCUT2D eigenvalue weighted by Crippen LogP contribution is 2.31. The predicted octanol–water partition coefficient (Wildman–Crippen LogP) is 5.08. The summed E-state index contributed by atoms with van der Waals surface area (Å²) in [5.74, 6) is 0.589. The first kappa shape index (κ1) is 16.5. The highest BCUT2D eigenvalue weighted by atomic mass is 32.1. The van der Waals surface area contributed by atoms with Crippen molar-refractivity contribution in [2.75, 3.05) is 6.54 Å². The lowest BCUT2D eigenvalue weighted by atomic mass is 9.95. The molecule has 0 amide bonds. The van der Waals surface area contributed by atoms with Crippen LogP contribution in [-0.2, 0) is 5.41 Å². The molecule has 0 aliphatic heterocycles. The Morgan fingerprint density at radius 3 is 2.26 bits per heavy atom. The van der Waals surface area contributed by atoms with Crippen LogP contribution in [0.25, 0.3) is 6.08 Å². The molecule has 0 spiro atoms.